The highest BCUT2D eigenvalue weighted by Gasteiger charge is 2.35. The number of anilines is 1. The predicted molar refractivity (Wildman–Crippen MR) is 95.8 cm³/mol. The number of nitrogens with zero attached hydrogens (tertiary/aromatic N) is 4. The van der Waals surface area contributed by atoms with Crippen LogP contribution in [0.4, 0.5) is 14.7 Å². The molecule has 2 heterocycles. The fraction of sp³-hybridized carbons (Fsp3) is 0.368. The first-order chi connectivity index (χ1) is 12.9. The summed E-state index contributed by atoms with van der Waals surface area (Å²) in [6, 6.07) is 5.24. The number of nitriles is 1. The third-order valence-electron chi connectivity index (χ3n) is 4.97. The quantitative estimate of drug-likeness (QED) is 0.887. The van der Waals surface area contributed by atoms with Crippen LogP contribution >= 0.6 is 0 Å². The second-order valence-electron chi connectivity index (χ2n) is 6.92. The van der Waals surface area contributed by atoms with Crippen molar-refractivity contribution in [2.75, 3.05) is 5.32 Å². The number of amides is 1. The van der Waals surface area contributed by atoms with Crippen LogP contribution in [-0.2, 0) is 4.79 Å². The molecule has 0 aliphatic heterocycles. The number of carbonyl (C=O) groups is 1. The highest BCUT2D eigenvalue weighted by molar-refractivity contribution is 5.93. The minimum atomic E-state index is -2.60. The maximum atomic E-state index is 13.3. The number of fused-ring (bicyclic) bond motifs is 1. The molecular formula is C19H17F2N5O. The van der Waals surface area contributed by atoms with Crippen molar-refractivity contribution in [2.45, 2.75) is 38.0 Å². The summed E-state index contributed by atoms with van der Waals surface area (Å²) in [6.07, 6.45) is 6.09. The molecule has 2 aliphatic carbocycles. The van der Waals surface area contributed by atoms with Crippen LogP contribution in [0, 0.1) is 17.2 Å². The normalized spacial score (nSPS) is 18.6. The Balaban J connectivity index is 1.55. The van der Waals surface area contributed by atoms with Crippen LogP contribution < -0.4 is 5.32 Å². The molecule has 8 heteroatoms. The highest BCUT2D eigenvalue weighted by atomic mass is 19.3. The van der Waals surface area contributed by atoms with Crippen molar-refractivity contribution >= 4 is 28.7 Å². The Bertz CT molecular complexity index is 1010. The molecule has 138 valence electrons. The molecule has 0 unspecified atom stereocenters. The van der Waals surface area contributed by atoms with E-state index in [1.54, 1.807) is 16.7 Å². The molecule has 4 rings (SSSR count). The summed E-state index contributed by atoms with van der Waals surface area (Å²) in [5, 5.41) is 11.9. The van der Waals surface area contributed by atoms with Crippen molar-refractivity contribution in [2.24, 2.45) is 5.92 Å². The fourth-order valence-corrected chi connectivity index (χ4v) is 3.42. The molecule has 0 bridgehead atoms. The molecule has 2 aromatic heterocycles. The molecule has 0 aromatic carbocycles. The van der Waals surface area contributed by atoms with Gasteiger partial charge in [0.1, 0.15) is 17.3 Å². The van der Waals surface area contributed by atoms with E-state index in [0.29, 0.717) is 30.0 Å². The zero-order valence-corrected chi connectivity index (χ0v) is 14.5. The molecule has 0 radical (unpaired) electrons. The van der Waals surface area contributed by atoms with E-state index in [1.165, 1.54) is 0 Å². The summed E-state index contributed by atoms with van der Waals surface area (Å²) in [4.78, 5) is 21.2. The van der Waals surface area contributed by atoms with Crippen molar-refractivity contribution < 1.29 is 13.6 Å². The van der Waals surface area contributed by atoms with Gasteiger partial charge in [-0.2, -0.15) is 5.26 Å². The van der Waals surface area contributed by atoms with E-state index in [9.17, 15) is 13.6 Å². The number of rotatable bonds is 4. The van der Waals surface area contributed by atoms with Crippen molar-refractivity contribution in [1.29, 1.82) is 5.26 Å². The number of hydrogen-bond acceptors (Lipinski definition) is 4. The number of hydrogen-bond donors (Lipinski definition) is 1. The van der Waals surface area contributed by atoms with Gasteiger partial charge >= 0.3 is 0 Å². The number of aromatic nitrogens is 3. The van der Waals surface area contributed by atoms with E-state index in [0.717, 1.165) is 5.70 Å². The Morgan fingerprint density at radius 1 is 1.33 bits per heavy atom. The van der Waals surface area contributed by atoms with Gasteiger partial charge in [0.05, 0.1) is 5.70 Å². The number of allylic oxidation sites excluding steroid dienone is 4. The highest BCUT2D eigenvalue weighted by Crippen LogP contribution is 2.37. The van der Waals surface area contributed by atoms with E-state index in [4.69, 9.17) is 5.26 Å². The van der Waals surface area contributed by atoms with Gasteiger partial charge in [0.15, 0.2) is 5.65 Å². The van der Waals surface area contributed by atoms with Gasteiger partial charge in [-0.25, -0.2) is 18.7 Å². The van der Waals surface area contributed by atoms with Gasteiger partial charge in [0.25, 0.3) is 0 Å². The smallest absolute Gasteiger partial charge is 0.248 e. The predicted octanol–water partition coefficient (Wildman–Crippen LogP) is 3.87. The molecule has 27 heavy (non-hydrogen) atoms. The second kappa shape index (κ2) is 6.58. The van der Waals surface area contributed by atoms with Crippen molar-refractivity contribution in [3.63, 3.8) is 0 Å². The second-order valence-corrected chi connectivity index (χ2v) is 6.92. The van der Waals surface area contributed by atoms with Gasteiger partial charge in [-0.3, -0.25) is 14.7 Å². The number of carbonyl (C=O) groups excluding carboxylic acids is 1. The average Bonchev–Trinajstić information content (AvgIpc) is 2.92. The summed E-state index contributed by atoms with van der Waals surface area (Å²) < 4.78 is 28.2. The lowest BCUT2D eigenvalue weighted by atomic mass is 9.84. The largest absolute Gasteiger partial charge is 0.296 e. The Morgan fingerprint density at radius 3 is 2.70 bits per heavy atom. The number of alkyl halides is 2. The number of pyridine rings is 1. The molecule has 0 spiro atoms. The van der Waals surface area contributed by atoms with Crippen LogP contribution in [-0.4, -0.2) is 26.4 Å². The minimum absolute atomic E-state index is 0.0476. The first-order valence-corrected chi connectivity index (χ1v) is 8.81. The average molecular weight is 369 g/mol. The van der Waals surface area contributed by atoms with Crippen LogP contribution in [0.1, 0.15) is 37.8 Å². The van der Waals surface area contributed by atoms with Gasteiger partial charge < -0.3 is 0 Å². The minimum Gasteiger partial charge on any atom is -0.296 e. The molecule has 0 atom stereocenters. The van der Waals surface area contributed by atoms with Crippen LogP contribution in [0.2, 0.25) is 0 Å². The van der Waals surface area contributed by atoms with E-state index in [-0.39, 0.29) is 36.8 Å². The fourth-order valence-electron chi connectivity index (χ4n) is 3.42. The Hall–Kier alpha value is -3.08. The van der Waals surface area contributed by atoms with Crippen LogP contribution in [0.3, 0.4) is 0 Å². The lowest BCUT2D eigenvalue weighted by Gasteiger charge is -2.27. The van der Waals surface area contributed by atoms with E-state index in [2.05, 4.69) is 15.3 Å². The van der Waals surface area contributed by atoms with Gasteiger partial charge in [-0.15, -0.1) is 0 Å². The van der Waals surface area contributed by atoms with Crippen LogP contribution in [0.5, 0.6) is 0 Å². The standard InChI is InChI=1S/C19H17F2N5O/c20-19(21)8-6-12(7-9-19)10-16(27)25-18-24-15-5-4-13(11-22)23-17(15)26(18)14-2-1-3-14/h1-5,12H,6-10H2,(H,24,25,27). The van der Waals surface area contributed by atoms with Gasteiger partial charge in [0, 0.05) is 19.3 Å². The lowest BCUT2D eigenvalue weighted by molar-refractivity contribution is -0.118. The zero-order chi connectivity index (χ0) is 19.0. The molecule has 1 N–H and O–H groups in total. The van der Waals surface area contributed by atoms with Crippen LogP contribution in [0.25, 0.3) is 16.9 Å². The van der Waals surface area contributed by atoms with E-state index in [1.807, 2.05) is 24.3 Å². The number of nitrogens with one attached hydrogen (secondary N) is 1. The SMILES string of the molecule is N#Cc1ccc2nc(NC(=O)CC3CCC(F)(F)CC3)n(C3=CC=C3)c2n1. The summed E-state index contributed by atoms with van der Waals surface area (Å²) in [5.74, 6) is -2.59. The summed E-state index contributed by atoms with van der Waals surface area (Å²) in [6.45, 7) is 0. The summed E-state index contributed by atoms with van der Waals surface area (Å²) >= 11 is 0. The summed E-state index contributed by atoms with van der Waals surface area (Å²) in [7, 11) is 0. The third kappa shape index (κ3) is 3.45. The lowest BCUT2D eigenvalue weighted by Crippen LogP contribution is -2.27. The molecule has 2 aromatic rings. The zero-order valence-electron chi connectivity index (χ0n) is 14.5. The molecule has 2 aliphatic rings. The molecule has 1 fully saturated rings. The third-order valence-corrected chi connectivity index (χ3v) is 4.97. The van der Waals surface area contributed by atoms with Gasteiger partial charge in [0.2, 0.25) is 17.8 Å². The van der Waals surface area contributed by atoms with E-state index < -0.39 is 5.92 Å². The van der Waals surface area contributed by atoms with Gasteiger partial charge in [-0.1, -0.05) is 6.08 Å². The Kier molecular flexibility index (Phi) is 4.22. The maximum Gasteiger partial charge on any atom is 0.248 e. The molecule has 1 saturated carbocycles. The maximum absolute atomic E-state index is 13.3. The molecule has 0 saturated heterocycles. The topological polar surface area (TPSA) is 83.6 Å². The number of halogens is 2. The van der Waals surface area contributed by atoms with Crippen LogP contribution in [0.15, 0.2) is 30.4 Å². The first kappa shape index (κ1) is 17.3. The Morgan fingerprint density at radius 2 is 2.07 bits per heavy atom. The van der Waals surface area contributed by atoms with Crippen molar-refractivity contribution in [3.8, 4) is 6.07 Å². The Labute approximate surface area is 154 Å². The first-order valence-electron chi connectivity index (χ1n) is 8.81. The van der Waals surface area contributed by atoms with Crippen molar-refractivity contribution in [3.05, 3.63) is 36.1 Å². The number of imidazole rings is 1. The molecule has 6 nitrogen and oxygen atoms in total. The van der Waals surface area contributed by atoms with Gasteiger partial charge in [-0.05, 0) is 43.0 Å². The van der Waals surface area contributed by atoms with E-state index >= 15 is 0 Å². The van der Waals surface area contributed by atoms with Crippen molar-refractivity contribution in [1.82, 2.24) is 14.5 Å². The molecule has 1 amide bonds. The monoisotopic (exact) mass is 369 g/mol. The summed E-state index contributed by atoms with van der Waals surface area (Å²) in [5.41, 5.74) is 2.10. The molecular weight excluding hydrogens is 352 g/mol.